The molecule has 98 valence electrons. The van der Waals surface area contributed by atoms with Gasteiger partial charge in [0.15, 0.2) is 0 Å². The Morgan fingerprint density at radius 1 is 1.32 bits per heavy atom. The Kier molecular flexibility index (Phi) is 3.53. The van der Waals surface area contributed by atoms with E-state index in [0.29, 0.717) is 17.3 Å². The quantitative estimate of drug-likeness (QED) is 0.489. The summed E-state index contributed by atoms with van der Waals surface area (Å²) in [6.45, 7) is 1.77. The molecule has 1 heterocycles. The zero-order chi connectivity index (χ0) is 13.8. The van der Waals surface area contributed by atoms with Crippen LogP contribution in [0.3, 0.4) is 0 Å². The van der Waals surface area contributed by atoms with Gasteiger partial charge in [0.25, 0.3) is 5.69 Å². The van der Waals surface area contributed by atoms with Crippen LogP contribution in [-0.4, -0.2) is 14.9 Å². The van der Waals surface area contributed by atoms with Crippen LogP contribution in [0.1, 0.15) is 5.69 Å². The number of ether oxygens (including phenoxy) is 1. The summed E-state index contributed by atoms with van der Waals surface area (Å²) in [5.41, 5.74) is 3.00. The molecule has 0 aliphatic heterocycles. The first-order valence-corrected chi connectivity index (χ1v) is 5.33. The number of nitro benzene ring substituents is 1. The maximum Gasteiger partial charge on any atom is 0.269 e. The molecule has 0 aliphatic carbocycles. The van der Waals surface area contributed by atoms with Gasteiger partial charge in [-0.3, -0.25) is 15.5 Å². The molecule has 1 aromatic heterocycles. The molecule has 8 nitrogen and oxygen atoms in total. The predicted octanol–water partition coefficient (Wildman–Crippen LogP) is 1.77. The predicted molar refractivity (Wildman–Crippen MR) is 67.7 cm³/mol. The molecule has 0 unspecified atom stereocenters. The normalized spacial score (nSPS) is 10.0. The van der Waals surface area contributed by atoms with Crippen LogP contribution in [0.15, 0.2) is 30.3 Å². The highest BCUT2D eigenvalue weighted by atomic mass is 16.6. The van der Waals surface area contributed by atoms with E-state index >= 15 is 0 Å². The lowest BCUT2D eigenvalue weighted by Crippen LogP contribution is -2.11. The number of nitrogen functional groups attached to an aromatic ring is 1. The number of non-ortho nitro benzene ring substituents is 1. The molecule has 8 heteroatoms. The molecule has 0 aliphatic rings. The molecule has 3 N–H and O–H groups in total. The second kappa shape index (κ2) is 5.27. The number of benzene rings is 1. The van der Waals surface area contributed by atoms with Crippen LogP contribution < -0.4 is 16.0 Å². The van der Waals surface area contributed by atoms with Crippen molar-refractivity contribution >= 4 is 11.6 Å². The van der Waals surface area contributed by atoms with Crippen LogP contribution in [0.4, 0.5) is 11.6 Å². The molecule has 0 fully saturated rings. The number of rotatable bonds is 4. The molecule has 19 heavy (non-hydrogen) atoms. The molecule has 2 aromatic rings. The number of hydrogen-bond acceptors (Lipinski definition) is 7. The number of anilines is 1. The van der Waals surface area contributed by atoms with Crippen LogP contribution in [0.5, 0.6) is 11.6 Å². The molecule has 0 bridgehead atoms. The smallest absolute Gasteiger partial charge is 0.269 e. The second-order valence-electron chi connectivity index (χ2n) is 3.67. The molecule has 0 saturated heterocycles. The number of nitro groups is 1. The topological polar surface area (TPSA) is 116 Å². The van der Waals surface area contributed by atoms with Gasteiger partial charge in [-0.15, -0.1) is 0 Å². The van der Waals surface area contributed by atoms with E-state index in [0.717, 1.165) is 0 Å². The highest BCUT2D eigenvalue weighted by Gasteiger charge is 2.07. The van der Waals surface area contributed by atoms with Crippen LogP contribution >= 0.6 is 0 Å². The van der Waals surface area contributed by atoms with Crippen molar-refractivity contribution in [2.24, 2.45) is 5.84 Å². The van der Waals surface area contributed by atoms with Crippen molar-refractivity contribution in [1.29, 1.82) is 0 Å². The fourth-order valence-electron chi connectivity index (χ4n) is 1.41. The Balaban J connectivity index is 2.21. The minimum Gasteiger partial charge on any atom is -0.439 e. The number of hydrogen-bond donors (Lipinski definition) is 2. The monoisotopic (exact) mass is 261 g/mol. The van der Waals surface area contributed by atoms with Crippen LogP contribution in [0, 0.1) is 17.0 Å². The highest BCUT2D eigenvalue weighted by Crippen LogP contribution is 2.23. The molecular formula is C11H11N5O3. The van der Waals surface area contributed by atoms with Crippen molar-refractivity contribution in [1.82, 2.24) is 9.97 Å². The number of nitrogens with zero attached hydrogens (tertiary/aromatic N) is 3. The first kappa shape index (κ1) is 12.7. The van der Waals surface area contributed by atoms with Crippen LogP contribution in [0.25, 0.3) is 0 Å². The maximum atomic E-state index is 10.5. The van der Waals surface area contributed by atoms with E-state index in [1.54, 1.807) is 13.0 Å². The van der Waals surface area contributed by atoms with Gasteiger partial charge in [0.1, 0.15) is 5.75 Å². The van der Waals surface area contributed by atoms with Gasteiger partial charge in [-0.1, -0.05) is 0 Å². The summed E-state index contributed by atoms with van der Waals surface area (Å²) in [4.78, 5) is 18.1. The molecule has 0 amide bonds. The van der Waals surface area contributed by atoms with Gasteiger partial charge in [0, 0.05) is 23.9 Å². The third kappa shape index (κ3) is 3.13. The third-order valence-corrected chi connectivity index (χ3v) is 2.23. The minimum absolute atomic E-state index is 0.00414. The number of hydrazine groups is 1. The summed E-state index contributed by atoms with van der Waals surface area (Å²) in [6.07, 6.45) is 0. The SMILES string of the molecule is Cc1cc(Oc2ccc([N+](=O)[O-])cc2)nc(NN)n1. The van der Waals surface area contributed by atoms with Crippen LogP contribution in [-0.2, 0) is 0 Å². The zero-order valence-corrected chi connectivity index (χ0v) is 10.0. The summed E-state index contributed by atoms with van der Waals surface area (Å²) >= 11 is 0. The van der Waals surface area contributed by atoms with E-state index in [2.05, 4.69) is 15.4 Å². The maximum absolute atomic E-state index is 10.5. The third-order valence-electron chi connectivity index (χ3n) is 2.23. The van der Waals surface area contributed by atoms with Crippen molar-refractivity contribution in [3.8, 4) is 11.6 Å². The molecule has 0 radical (unpaired) electrons. The van der Waals surface area contributed by atoms with E-state index < -0.39 is 4.92 Å². The Morgan fingerprint density at radius 2 is 2.00 bits per heavy atom. The minimum atomic E-state index is -0.477. The summed E-state index contributed by atoms with van der Waals surface area (Å²) in [5, 5.41) is 10.5. The first-order chi connectivity index (χ1) is 9.08. The lowest BCUT2D eigenvalue weighted by atomic mass is 10.3. The summed E-state index contributed by atoms with van der Waals surface area (Å²) in [5.74, 6) is 6.20. The zero-order valence-electron chi connectivity index (χ0n) is 10.0. The lowest BCUT2D eigenvalue weighted by Gasteiger charge is -2.06. The van der Waals surface area contributed by atoms with Gasteiger partial charge in [0.05, 0.1) is 4.92 Å². The van der Waals surface area contributed by atoms with Gasteiger partial charge in [-0.2, -0.15) is 4.98 Å². The molecule has 0 spiro atoms. The van der Waals surface area contributed by atoms with Gasteiger partial charge < -0.3 is 4.74 Å². The van der Waals surface area contributed by atoms with Crippen LogP contribution in [0.2, 0.25) is 0 Å². The van der Waals surface area contributed by atoms with Crippen molar-refractivity contribution in [3.63, 3.8) is 0 Å². The van der Waals surface area contributed by atoms with E-state index in [1.807, 2.05) is 0 Å². The summed E-state index contributed by atoms with van der Waals surface area (Å²) in [6, 6.07) is 7.31. The Hall–Kier alpha value is -2.74. The molecule has 2 rings (SSSR count). The van der Waals surface area contributed by atoms with E-state index in [1.165, 1.54) is 24.3 Å². The standard InChI is InChI=1S/C11H11N5O3/c1-7-6-10(14-11(13-7)15-12)19-9-4-2-8(3-5-9)16(17)18/h2-6H,12H2,1H3,(H,13,14,15). The Morgan fingerprint density at radius 3 is 2.58 bits per heavy atom. The number of nitrogens with two attached hydrogens (primary N) is 1. The average Bonchev–Trinajstić information content (AvgIpc) is 2.38. The fraction of sp³-hybridized carbons (Fsp3) is 0.0909. The second-order valence-corrected chi connectivity index (χ2v) is 3.67. The summed E-state index contributed by atoms with van der Waals surface area (Å²) in [7, 11) is 0. The lowest BCUT2D eigenvalue weighted by molar-refractivity contribution is -0.384. The average molecular weight is 261 g/mol. The van der Waals surface area contributed by atoms with Gasteiger partial charge in [0.2, 0.25) is 11.8 Å². The van der Waals surface area contributed by atoms with Crippen molar-refractivity contribution in [3.05, 3.63) is 46.1 Å². The van der Waals surface area contributed by atoms with E-state index in [9.17, 15) is 10.1 Å². The van der Waals surface area contributed by atoms with E-state index in [-0.39, 0.29) is 11.6 Å². The van der Waals surface area contributed by atoms with Crippen molar-refractivity contribution in [2.75, 3.05) is 5.43 Å². The van der Waals surface area contributed by atoms with Gasteiger partial charge in [-0.25, -0.2) is 10.8 Å². The largest absolute Gasteiger partial charge is 0.439 e. The molecule has 0 atom stereocenters. The van der Waals surface area contributed by atoms with Gasteiger partial charge >= 0.3 is 0 Å². The van der Waals surface area contributed by atoms with Crippen molar-refractivity contribution in [2.45, 2.75) is 6.92 Å². The molecule has 1 aromatic carbocycles. The molecular weight excluding hydrogens is 250 g/mol. The fourth-order valence-corrected chi connectivity index (χ4v) is 1.41. The highest BCUT2D eigenvalue weighted by molar-refractivity contribution is 5.38. The Labute approximate surface area is 108 Å². The van der Waals surface area contributed by atoms with E-state index in [4.69, 9.17) is 10.6 Å². The van der Waals surface area contributed by atoms with Gasteiger partial charge in [-0.05, 0) is 19.1 Å². The van der Waals surface area contributed by atoms with Crippen molar-refractivity contribution < 1.29 is 9.66 Å². The number of aryl methyl sites for hydroxylation is 1. The Bertz CT molecular complexity index is 600. The number of nitrogens with one attached hydrogen (secondary N) is 1. The molecule has 0 saturated carbocycles. The number of aromatic nitrogens is 2. The summed E-state index contributed by atoms with van der Waals surface area (Å²) < 4.78 is 5.47. The first-order valence-electron chi connectivity index (χ1n) is 5.33.